The van der Waals surface area contributed by atoms with E-state index in [9.17, 15) is 13.2 Å². The van der Waals surface area contributed by atoms with Gasteiger partial charge in [-0.1, -0.05) is 36.4 Å². The van der Waals surface area contributed by atoms with Crippen molar-refractivity contribution in [3.05, 3.63) is 59.8 Å². The van der Waals surface area contributed by atoms with E-state index < -0.39 is 12.7 Å². The fraction of sp³-hybridized carbons (Fsp3) is 0.429. The second-order valence-corrected chi connectivity index (χ2v) is 7.15. The Labute approximate surface area is 197 Å². The summed E-state index contributed by atoms with van der Waals surface area (Å²) < 4.78 is 43.6. The summed E-state index contributed by atoms with van der Waals surface area (Å²) in [6.45, 7) is 0.702. The van der Waals surface area contributed by atoms with Crippen LogP contribution >= 0.6 is 24.0 Å². The fourth-order valence-corrected chi connectivity index (χ4v) is 3.33. The number of aliphatic imine (C=N–C) groups is 1. The van der Waals surface area contributed by atoms with Gasteiger partial charge >= 0.3 is 6.18 Å². The summed E-state index contributed by atoms with van der Waals surface area (Å²) in [6.07, 6.45) is -1.87. The first-order chi connectivity index (χ1) is 14.4. The number of pyridine rings is 1. The zero-order valence-corrected chi connectivity index (χ0v) is 19.6. The van der Waals surface area contributed by atoms with Crippen molar-refractivity contribution < 1.29 is 17.9 Å². The van der Waals surface area contributed by atoms with Gasteiger partial charge in [0.1, 0.15) is 6.61 Å². The molecule has 0 saturated carbocycles. The van der Waals surface area contributed by atoms with Gasteiger partial charge in [-0.15, -0.1) is 24.0 Å². The maximum Gasteiger partial charge on any atom is 0.401 e. The number of nitrogens with zero attached hydrogens (tertiary/aromatic N) is 3. The van der Waals surface area contributed by atoms with Gasteiger partial charge in [0, 0.05) is 44.5 Å². The first-order valence-corrected chi connectivity index (χ1v) is 9.80. The van der Waals surface area contributed by atoms with E-state index in [0.29, 0.717) is 44.5 Å². The number of rotatable bonds is 7. The van der Waals surface area contributed by atoms with Crippen molar-refractivity contribution in [2.75, 3.05) is 26.7 Å². The zero-order valence-electron chi connectivity index (χ0n) is 17.2. The number of hydrogen-bond acceptors (Lipinski definition) is 4. The standard InChI is InChI=1S/C21H26F3N5O.HI/c1-25-20(28-18-9-11-29(13-18)15-21(22,23)24)27-12-17-8-5-10-26-19(17)30-14-16-6-3-2-4-7-16;/h2-8,10,18H,9,11-15H2,1H3,(H2,25,27,28);1H. The maximum absolute atomic E-state index is 12.6. The van der Waals surface area contributed by atoms with E-state index in [4.69, 9.17) is 4.74 Å². The molecule has 3 rings (SSSR count). The molecule has 0 bridgehead atoms. The molecule has 0 radical (unpaired) electrons. The third-order valence-corrected chi connectivity index (χ3v) is 4.75. The van der Waals surface area contributed by atoms with Gasteiger partial charge in [0.15, 0.2) is 5.96 Å². The van der Waals surface area contributed by atoms with Crippen LogP contribution in [0.15, 0.2) is 53.7 Å². The molecule has 1 aromatic carbocycles. The van der Waals surface area contributed by atoms with Gasteiger partial charge in [-0.05, 0) is 18.1 Å². The number of guanidine groups is 1. The molecule has 1 unspecified atom stereocenters. The summed E-state index contributed by atoms with van der Waals surface area (Å²) in [4.78, 5) is 9.90. The quantitative estimate of drug-likeness (QED) is 0.314. The van der Waals surface area contributed by atoms with Crippen molar-refractivity contribution in [3.63, 3.8) is 0 Å². The monoisotopic (exact) mass is 549 g/mol. The molecule has 2 N–H and O–H groups in total. The van der Waals surface area contributed by atoms with Gasteiger partial charge in [-0.25, -0.2) is 4.98 Å². The number of ether oxygens (including phenoxy) is 1. The SMILES string of the molecule is CN=C(NCc1cccnc1OCc1ccccc1)NC1CCN(CC(F)(F)F)C1.I. The van der Waals surface area contributed by atoms with Crippen molar-refractivity contribution in [2.45, 2.75) is 31.8 Å². The molecular formula is C21H27F3IN5O. The third-order valence-electron chi connectivity index (χ3n) is 4.75. The largest absolute Gasteiger partial charge is 0.473 e. The number of likely N-dealkylation sites (tertiary alicyclic amines) is 1. The highest BCUT2D eigenvalue weighted by Crippen LogP contribution is 2.20. The molecule has 1 fully saturated rings. The number of hydrogen-bond donors (Lipinski definition) is 2. The number of benzene rings is 1. The molecule has 31 heavy (non-hydrogen) atoms. The lowest BCUT2D eigenvalue weighted by Crippen LogP contribution is -2.45. The van der Waals surface area contributed by atoms with Gasteiger partial charge in [0.25, 0.3) is 0 Å². The molecule has 170 valence electrons. The molecule has 1 aromatic heterocycles. The molecule has 2 aromatic rings. The van der Waals surface area contributed by atoms with Crippen LogP contribution in [0.25, 0.3) is 0 Å². The average Bonchev–Trinajstić information content (AvgIpc) is 3.16. The molecule has 1 aliphatic rings. The minimum Gasteiger partial charge on any atom is -0.473 e. The van der Waals surface area contributed by atoms with E-state index >= 15 is 0 Å². The zero-order chi connectivity index (χ0) is 21.4. The Hall–Kier alpha value is -2.08. The second-order valence-electron chi connectivity index (χ2n) is 7.15. The molecule has 6 nitrogen and oxygen atoms in total. The minimum atomic E-state index is -4.18. The van der Waals surface area contributed by atoms with Crippen molar-refractivity contribution in [1.29, 1.82) is 0 Å². The van der Waals surface area contributed by atoms with Crippen LogP contribution in [-0.2, 0) is 13.2 Å². The van der Waals surface area contributed by atoms with Crippen molar-refractivity contribution in [2.24, 2.45) is 4.99 Å². The molecule has 0 aliphatic carbocycles. The molecule has 0 amide bonds. The summed E-state index contributed by atoms with van der Waals surface area (Å²) in [5.41, 5.74) is 1.91. The highest BCUT2D eigenvalue weighted by atomic mass is 127. The number of aromatic nitrogens is 1. The van der Waals surface area contributed by atoms with Gasteiger partial charge in [0.05, 0.1) is 6.54 Å². The normalized spacial score (nSPS) is 17.2. The maximum atomic E-state index is 12.6. The topological polar surface area (TPSA) is 61.8 Å². The summed E-state index contributed by atoms with van der Waals surface area (Å²) >= 11 is 0. The Morgan fingerprint density at radius 1 is 1.23 bits per heavy atom. The Morgan fingerprint density at radius 3 is 2.71 bits per heavy atom. The van der Waals surface area contributed by atoms with Crippen LogP contribution in [0.5, 0.6) is 5.88 Å². The molecule has 10 heteroatoms. The second kappa shape index (κ2) is 12.1. The van der Waals surface area contributed by atoms with E-state index in [1.54, 1.807) is 13.2 Å². The molecule has 2 heterocycles. The third kappa shape index (κ3) is 8.52. The van der Waals surface area contributed by atoms with Crippen LogP contribution in [0.1, 0.15) is 17.5 Å². The van der Waals surface area contributed by atoms with Gasteiger partial charge in [0.2, 0.25) is 5.88 Å². The summed E-state index contributed by atoms with van der Waals surface area (Å²) in [5.74, 6) is 1.06. The van der Waals surface area contributed by atoms with Crippen LogP contribution in [0.3, 0.4) is 0 Å². The molecular weight excluding hydrogens is 522 g/mol. The fourth-order valence-electron chi connectivity index (χ4n) is 3.33. The average molecular weight is 549 g/mol. The first kappa shape index (κ1) is 25.2. The van der Waals surface area contributed by atoms with E-state index in [1.165, 1.54) is 4.90 Å². The molecule has 1 atom stereocenters. The van der Waals surface area contributed by atoms with E-state index in [0.717, 1.165) is 11.1 Å². The highest BCUT2D eigenvalue weighted by Gasteiger charge is 2.34. The Kier molecular flexibility index (Phi) is 9.82. The minimum absolute atomic E-state index is 0. The smallest absolute Gasteiger partial charge is 0.401 e. The lowest BCUT2D eigenvalue weighted by Gasteiger charge is -2.20. The highest BCUT2D eigenvalue weighted by molar-refractivity contribution is 14.0. The first-order valence-electron chi connectivity index (χ1n) is 9.80. The summed E-state index contributed by atoms with van der Waals surface area (Å²) in [7, 11) is 1.63. The van der Waals surface area contributed by atoms with Gasteiger partial charge in [-0.3, -0.25) is 9.89 Å². The van der Waals surface area contributed by atoms with E-state index in [-0.39, 0.29) is 30.0 Å². The number of halogens is 4. The number of nitrogens with one attached hydrogen (secondary N) is 2. The molecule has 1 saturated heterocycles. The Bertz CT molecular complexity index is 835. The van der Waals surface area contributed by atoms with Crippen molar-refractivity contribution >= 4 is 29.9 Å². The predicted octanol–water partition coefficient (Wildman–Crippen LogP) is 3.58. The molecule has 1 aliphatic heterocycles. The van der Waals surface area contributed by atoms with Crippen molar-refractivity contribution in [1.82, 2.24) is 20.5 Å². The van der Waals surface area contributed by atoms with Crippen molar-refractivity contribution in [3.8, 4) is 5.88 Å². The van der Waals surface area contributed by atoms with Crippen LogP contribution in [0, 0.1) is 0 Å². The summed E-state index contributed by atoms with van der Waals surface area (Å²) in [6, 6.07) is 13.5. The van der Waals surface area contributed by atoms with Gasteiger partial charge < -0.3 is 15.4 Å². The van der Waals surface area contributed by atoms with Gasteiger partial charge in [-0.2, -0.15) is 13.2 Å². The van der Waals surface area contributed by atoms with E-state index in [1.807, 2.05) is 42.5 Å². The lowest BCUT2D eigenvalue weighted by molar-refractivity contribution is -0.143. The Morgan fingerprint density at radius 2 is 2.00 bits per heavy atom. The van der Waals surface area contributed by atoms with E-state index in [2.05, 4.69) is 20.6 Å². The van der Waals surface area contributed by atoms with Crippen LogP contribution in [-0.4, -0.2) is 54.7 Å². The summed E-state index contributed by atoms with van der Waals surface area (Å²) in [5, 5.41) is 6.39. The molecule has 0 spiro atoms. The lowest BCUT2D eigenvalue weighted by atomic mass is 10.2. The van der Waals surface area contributed by atoms with Crippen LogP contribution in [0.4, 0.5) is 13.2 Å². The predicted molar refractivity (Wildman–Crippen MR) is 125 cm³/mol. The van der Waals surface area contributed by atoms with Crippen LogP contribution < -0.4 is 15.4 Å². The Balaban J connectivity index is 0.00000341. The van der Waals surface area contributed by atoms with Crippen LogP contribution in [0.2, 0.25) is 0 Å². The number of alkyl halides is 3.